The number of benzene rings is 1. The van der Waals surface area contributed by atoms with E-state index in [4.69, 9.17) is 0 Å². The number of hydrogen-bond donors (Lipinski definition) is 1. The van der Waals surface area contributed by atoms with Gasteiger partial charge in [0, 0.05) is 15.9 Å². The molecular formula is C14H15BrN4. The Morgan fingerprint density at radius 2 is 1.68 bits per heavy atom. The molecule has 1 heterocycles. The Kier molecular flexibility index (Phi) is 4.27. The zero-order chi connectivity index (χ0) is 13.8. The summed E-state index contributed by atoms with van der Waals surface area (Å²) in [4.78, 5) is 8.55. The third kappa shape index (κ3) is 3.86. The van der Waals surface area contributed by atoms with E-state index in [1.54, 1.807) is 0 Å². The topological polar surface area (TPSA) is 50.2 Å². The van der Waals surface area contributed by atoms with Gasteiger partial charge < -0.3 is 0 Å². The van der Waals surface area contributed by atoms with Crippen molar-refractivity contribution in [2.75, 3.05) is 5.43 Å². The summed E-state index contributed by atoms with van der Waals surface area (Å²) < 4.78 is 1.05. The lowest BCUT2D eigenvalue weighted by Crippen LogP contribution is -2.03. The minimum absolute atomic E-state index is 0.522. The average molecular weight is 319 g/mol. The third-order valence-electron chi connectivity index (χ3n) is 2.57. The van der Waals surface area contributed by atoms with Crippen LogP contribution < -0.4 is 5.43 Å². The van der Waals surface area contributed by atoms with Crippen LogP contribution in [0.1, 0.15) is 23.9 Å². The summed E-state index contributed by atoms with van der Waals surface area (Å²) in [5.74, 6) is 0.522. The molecule has 0 amide bonds. The van der Waals surface area contributed by atoms with Gasteiger partial charge in [-0.1, -0.05) is 28.1 Å². The summed E-state index contributed by atoms with van der Waals surface area (Å²) in [6.07, 6.45) is 0. The van der Waals surface area contributed by atoms with Gasteiger partial charge in [-0.05, 0) is 44.5 Å². The van der Waals surface area contributed by atoms with E-state index >= 15 is 0 Å². The molecule has 0 fully saturated rings. The van der Waals surface area contributed by atoms with Crippen LogP contribution in [-0.2, 0) is 0 Å². The Hall–Kier alpha value is -1.75. The SMILES string of the molecule is CC(=NNc1nc(C)cc(C)n1)c1ccc(Br)cc1. The molecule has 0 spiro atoms. The molecule has 0 saturated carbocycles. The quantitative estimate of drug-likeness (QED) is 0.693. The summed E-state index contributed by atoms with van der Waals surface area (Å²) >= 11 is 3.41. The van der Waals surface area contributed by atoms with Crippen LogP contribution in [0.4, 0.5) is 5.95 Å². The van der Waals surface area contributed by atoms with Crippen LogP contribution in [-0.4, -0.2) is 15.7 Å². The average Bonchev–Trinajstić information content (AvgIpc) is 2.36. The van der Waals surface area contributed by atoms with E-state index in [2.05, 4.69) is 36.4 Å². The van der Waals surface area contributed by atoms with Crippen molar-refractivity contribution in [3.8, 4) is 0 Å². The Labute approximate surface area is 121 Å². The van der Waals surface area contributed by atoms with Crippen molar-refractivity contribution in [3.63, 3.8) is 0 Å². The predicted octanol–water partition coefficient (Wildman–Crippen LogP) is 3.69. The maximum Gasteiger partial charge on any atom is 0.243 e. The molecule has 0 unspecified atom stereocenters. The summed E-state index contributed by atoms with van der Waals surface area (Å²) in [5, 5.41) is 4.30. The van der Waals surface area contributed by atoms with Crippen molar-refractivity contribution in [1.82, 2.24) is 9.97 Å². The maximum absolute atomic E-state index is 4.30. The molecule has 4 nitrogen and oxygen atoms in total. The largest absolute Gasteiger partial charge is 0.245 e. The number of hydrazone groups is 1. The van der Waals surface area contributed by atoms with Crippen LogP contribution in [0.2, 0.25) is 0 Å². The molecule has 0 aliphatic heterocycles. The summed E-state index contributed by atoms with van der Waals surface area (Å²) in [7, 11) is 0. The number of rotatable bonds is 3. The van der Waals surface area contributed by atoms with Gasteiger partial charge in [-0.15, -0.1) is 0 Å². The highest BCUT2D eigenvalue weighted by Crippen LogP contribution is 2.11. The standard InChI is InChI=1S/C14H15BrN4/c1-9-8-10(2)17-14(16-9)19-18-11(3)12-4-6-13(15)7-5-12/h4-8H,1-3H3,(H,16,17,19). The first kappa shape index (κ1) is 13.7. The molecular weight excluding hydrogens is 304 g/mol. The van der Waals surface area contributed by atoms with Crippen molar-refractivity contribution in [2.24, 2.45) is 5.10 Å². The molecule has 19 heavy (non-hydrogen) atoms. The van der Waals surface area contributed by atoms with E-state index in [9.17, 15) is 0 Å². The molecule has 5 heteroatoms. The van der Waals surface area contributed by atoms with Crippen molar-refractivity contribution in [3.05, 3.63) is 51.8 Å². The fourth-order valence-corrected chi connectivity index (χ4v) is 1.93. The lowest BCUT2D eigenvalue weighted by Gasteiger charge is -2.04. The Morgan fingerprint density at radius 3 is 2.26 bits per heavy atom. The fraction of sp³-hybridized carbons (Fsp3) is 0.214. The number of anilines is 1. The molecule has 1 aromatic carbocycles. The van der Waals surface area contributed by atoms with E-state index in [0.29, 0.717) is 5.95 Å². The second kappa shape index (κ2) is 5.93. The zero-order valence-electron chi connectivity index (χ0n) is 11.1. The van der Waals surface area contributed by atoms with E-state index in [-0.39, 0.29) is 0 Å². The fourth-order valence-electron chi connectivity index (χ4n) is 1.67. The normalized spacial score (nSPS) is 11.5. The minimum atomic E-state index is 0.522. The van der Waals surface area contributed by atoms with Crippen molar-refractivity contribution in [1.29, 1.82) is 0 Å². The second-order valence-corrected chi connectivity index (χ2v) is 5.21. The van der Waals surface area contributed by atoms with E-state index < -0.39 is 0 Å². The van der Waals surface area contributed by atoms with E-state index in [1.807, 2.05) is 51.1 Å². The van der Waals surface area contributed by atoms with Crippen LogP contribution in [0.15, 0.2) is 39.9 Å². The van der Waals surface area contributed by atoms with E-state index in [1.165, 1.54) is 0 Å². The van der Waals surface area contributed by atoms with Gasteiger partial charge in [-0.25, -0.2) is 15.4 Å². The van der Waals surface area contributed by atoms with Crippen LogP contribution in [0, 0.1) is 13.8 Å². The molecule has 0 bridgehead atoms. The third-order valence-corrected chi connectivity index (χ3v) is 3.10. The van der Waals surface area contributed by atoms with Gasteiger partial charge in [-0.3, -0.25) is 0 Å². The van der Waals surface area contributed by atoms with Crippen LogP contribution in [0.3, 0.4) is 0 Å². The van der Waals surface area contributed by atoms with Gasteiger partial charge in [0.15, 0.2) is 0 Å². The number of hydrogen-bond acceptors (Lipinski definition) is 4. The number of aryl methyl sites for hydroxylation is 2. The number of nitrogens with one attached hydrogen (secondary N) is 1. The monoisotopic (exact) mass is 318 g/mol. The summed E-state index contributed by atoms with van der Waals surface area (Å²) in [6.45, 7) is 5.81. The van der Waals surface area contributed by atoms with Crippen molar-refractivity contribution in [2.45, 2.75) is 20.8 Å². The second-order valence-electron chi connectivity index (χ2n) is 4.29. The zero-order valence-corrected chi connectivity index (χ0v) is 12.7. The first-order valence-corrected chi connectivity index (χ1v) is 6.72. The van der Waals surface area contributed by atoms with Gasteiger partial charge >= 0.3 is 0 Å². The van der Waals surface area contributed by atoms with Gasteiger partial charge in [0.1, 0.15) is 0 Å². The summed E-state index contributed by atoms with van der Waals surface area (Å²) in [6, 6.07) is 9.92. The first-order chi connectivity index (χ1) is 9.04. The van der Waals surface area contributed by atoms with Gasteiger partial charge in [0.25, 0.3) is 0 Å². The lowest BCUT2D eigenvalue weighted by atomic mass is 10.1. The lowest BCUT2D eigenvalue weighted by molar-refractivity contribution is 1.03. The molecule has 0 aliphatic carbocycles. The molecule has 0 atom stereocenters. The predicted molar refractivity (Wildman–Crippen MR) is 81.5 cm³/mol. The smallest absolute Gasteiger partial charge is 0.243 e. The van der Waals surface area contributed by atoms with Crippen LogP contribution in [0.25, 0.3) is 0 Å². The molecule has 2 aromatic rings. The van der Waals surface area contributed by atoms with Crippen molar-refractivity contribution < 1.29 is 0 Å². The molecule has 1 N–H and O–H groups in total. The molecule has 2 rings (SSSR count). The van der Waals surface area contributed by atoms with Gasteiger partial charge in [0.05, 0.1) is 5.71 Å². The number of nitrogens with zero attached hydrogens (tertiary/aromatic N) is 3. The molecule has 0 radical (unpaired) electrons. The van der Waals surface area contributed by atoms with Crippen LogP contribution in [0.5, 0.6) is 0 Å². The van der Waals surface area contributed by atoms with Crippen molar-refractivity contribution >= 4 is 27.6 Å². The first-order valence-electron chi connectivity index (χ1n) is 5.93. The molecule has 98 valence electrons. The Morgan fingerprint density at radius 1 is 1.11 bits per heavy atom. The highest BCUT2D eigenvalue weighted by atomic mass is 79.9. The van der Waals surface area contributed by atoms with E-state index in [0.717, 1.165) is 27.1 Å². The minimum Gasteiger partial charge on any atom is -0.245 e. The number of aromatic nitrogens is 2. The van der Waals surface area contributed by atoms with Gasteiger partial charge in [-0.2, -0.15) is 5.10 Å². The number of halogens is 1. The summed E-state index contributed by atoms with van der Waals surface area (Å²) in [5.41, 5.74) is 6.68. The molecule has 1 aromatic heterocycles. The van der Waals surface area contributed by atoms with Crippen LogP contribution >= 0.6 is 15.9 Å². The maximum atomic E-state index is 4.30. The Bertz CT molecular complexity index is 585. The van der Waals surface area contributed by atoms with Gasteiger partial charge in [0.2, 0.25) is 5.95 Å². The molecule has 0 saturated heterocycles. The highest BCUT2D eigenvalue weighted by Gasteiger charge is 2.00. The Balaban J connectivity index is 2.15. The highest BCUT2D eigenvalue weighted by molar-refractivity contribution is 9.10. The molecule has 0 aliphatic rings.